The molecule has 5 nitrogen and oxygen atoms in total. The van der Waals surface area contributed by atoms with Crippen molar-refractivity contribution in [2.45, 2.75) is 13.8 Å². The summed E-state index contributed by atoms with van der Waals surface area (Å²) in [7, 11) is 0. The van der Waals surface area contributed by atoms with Crippen LogP contribution >= 0.6 is 15.9 Å². The Balaban J connectivity index is 2.43. The summed E-state index contributed by atoms with van der Waals surface area (Å²) in [5.74, 6) is 1.74. The standard InChI is InChI=1S/C12H15BrN4O/c1-3-17(4-2)12-15-8(7-11(14)16-12)9-5-6-10(13)18-9/h5-7H,3-4H2,1-2H3,(H2,14,15,16). The molecule has 0 aliphatic rings. The fourth-order valence-corrected chi connectivity index (χ4v) is 1.99. The molecule has 2 aromatic rings. The van der Waals surface area contributed by atoms with Crippen LogP contribution in [0.25, 0.3) is 11.5 Å². The topological polar surface area (TPSA) is 68.2 Å². The number of nitrogens with two attached hydrogens (primary N) is 1. The highest BCUT2D eigenvalue weighted by molar-refractivity contribution is 9.10. The molecular formula is C12H15BrN4O. The minimum atomic E-state index is 0.439. The molecule has 2 rings (SSSR count). The summed E-state index contributed by atoms with van der Waals surface area (Å²) >= 11 is 3.27. The summed E-state index contributed by atoms with van der Waals surface area (Å²) in [4.78, 5) is 10.8. The highest BCUT2D eigenvalue weighted by atomic mass is 79.9. The van der Waals surface area contributed by atoms with Crippen molar-refractivity contribution in [3.8, 4) is 11.5 Å². The number of nitrogen functional groups attached to an aromatic ring is 1. The van der Waals surface area contributed by atoms with Crippen LogP contribution in [0.5, 0.6) is 0 Å². The lowest BCUT2D eigenvalue weighted by atomic mass is 10.3. The van der Waals surface area contributed by atoms with Crippen LogP contribution in [0.3, 0.4) is 0 Å². The quantitative estimate of drug-likeness (QED) is 0.940. The van der Waals surface area contributed by atoms with Gasteiger partial charge in [0.05, 0.1) is 0 Å². The molecule has 6 heteroatoms. The third kappa shape index (κ3) is 2.64. The zero-order valence-corrected chi connectivity index (χ0v) is 11.9. The van der Waals surface area contributed by atoms with Crippen LogP contribution in [-0.2, 0) is 0 Å². The number of halogens is 1. The van der Waals surface area contributed by atoms with Gasteiger partial charge in [-0.05, 0) is 41.9 Å². The van der Waals surface area contributed by atoms with Gasteiger partial charge in [0, 0.05) is 19.2 Å². The van der Waals surface area contributed by atoms with Gasteiger partial charge in [-0.15, -0.1) is 0 Å². The molecule has 96 valence electrons. The van der Waals surface area contributed by atoms with Gasteiger partial charge in [-0.3, -0.25) is 0 Å². The molecule has 2 N–H and O–H groups in total. The zero-order valence-electron chi connectivity index (χ0n) is 10.4. The van der Waals surface area contributed by atoms with E-state index in [9.17, 15) is 0 Å². The Morgan fingerprint density at radius 3 is 2.56 bits per heavy atom. The number of anilines is 2. The van der Waals surface area contributed by atoms with Crippen molar-refractivity contribution in [1.29, 1.82) is 0 Å². The summed E-state index contributed by atoms with van der Waals surface area (Å²) in [6.45, 7) is 5.78. The lowest BCUT2D eigenvalue weighted by molar-refractivity contribution is 0.553. The summed E-state index contributed by atoms with van der Waals surface area (Å²) in [6.07, 6.45) is 0. The van der Waals surface area contributed by atoms with Crippen molar-refractivity contribution >= 4 is 27.7 Å². The van der Waals surface area contributed by atoms with Crippen LogP contribution in [0.15, 0.2) is 27.3 Å². The number of nitrogens with zero attached hydrogens (tertiary/aromatic N) is 3. The van der Waals surface area contributed by atoms with E-state index in [0.29, 0.717) is 27.9 Å². The van der Waals surface area contributed by atoms with Gasteiger partial charge >= 0.3 is 0 Å². The normalized spacial score (nSPS) is 10.6. The Morgan fingerprint density at radius 2 is 2.00 bits per heavy atom. The van der Waals surface area contributed by atoms with Crippen LogP contribution in [0, 0.1) is 0 Å². The molecule has 0 spiro atoms. The van der Waals surface area contributed by atoms with Crippen LogP contribution in [0.2, 0.25) is 0 Å². The van der Waals surface area contributed by atoms with Gasteiger partial charge in [-0.2, -0.15) is 4.98 Å². The molecule has 0 saturated heterocycles. The second-order valence-corrected chi connectivity index (χ2v) is 4.54. The van der Waals surface area contributed by atoms with Gasteiger partial charge in [0.1, 0.15) is 11.5 Å². The Kier molecular flexibility index (Phi) is 3.86. The van der Waals surface area contributed by atoms with E-state index in [4.69, 9.17) is 10.2 Å². The van der Waals surface area contributed by atoms with E-state index in [1.807, 2.05) is 17.0 Å². The van der Waals surface area contributed by atoms with Gasteiger partial charge in [0.15, 0.2) is 10.4 Å². The Bertz CT molecular complexity index is 537. The number of furan rings is 1. The molecule has 0 saturated carbocycles. The Hall–Kier alpha value is -1.56. The second kappa shape index (κ2) is 5.39. The maximum absolute atomic E-state index is 5.82. The van der Waals surface area contributed by atoms with E-state index in [-0.39, 0.29) is 0 Å². The Morgan fingerprint density at radius 1 is 1.28 bits per heavy atom. The summed E-state index contributed by atoms with van der Waals surface area (Å²) in [5, 5.41) is 0. The molecule has 2 heterocycles. The first-order chi connectivity index (χ1) is 8.63. The van der Waals surface area contributed by atoms with Crippen LogP contribution < -0.4 is 10.6 Å². The van der Waals surface area contributed by atoms with E-state index in [1.54, 1.807) is 6.07 Å². The molecule has 2 aromatic heterocycles. The van der Waals surface area contributed by atoms with E-state index in [2.05, 4.69) is 39.7 Å². The molecule has 0 amide bonds. The average molecular weight is 311 g/mol. The largest absolute Gasteiger partial charge is 0.448 e. The minimum absolute atomic E-state index is 0.439. The van der Waals surface area contributed by atoms with Gasteiger partial charge in [-0.1, -0.05) is 0 Å². The first-order valence-corrected chi connectivity index (χ1v) is 6.58. The first-order valence-electron chi connectivity index (χ1n) is 5.79. The van der Waals surface area contributed by atoms with E-state index >= 15 is 0 Å². The van der Waals surface area contributed by atoms with Gasteiger partial charge in [0.25, 0.3) is 0 Å². The average Bonchev–Trinajstić information content (AvgIpc) is 2.77. The maximum atomic E-state index is 5.82. The summed E-state index contributed by atoms with van der Waals surface area (Å²) in [6, 6.07) is 5.38. The molecule has 0 bridgehead atoms. The number of aromatic nitrogens is 2. The van der Waals surface area contributed by atoms with Crippen molar-refractivity contribution < 1.29 is 4.42 Å². The molecule has 0 aliphatic carbocycles. The fraction of sp³-hybridized carbons (Fsp3) is 0.333. The Labute approximate surface area is 114 Å². The van der Waals surface area contributed by atoms with Crippen LogP contribution in [0.4, 0.5) is 11.8 Å². The molecule has 0 radical (unpaired) electrons. The van der Waals surface area contributed by atoms with Crippen molar-refractivity contribution in [1.82, 2.24) is 9.97 Å². The smallest absolute Gasteiger partial charge is 0.227 e. The fourth-order valence-electron chi connectivity index (χ4n) is 1.68. The number of hydrogen-bond acceptors (Lipinski definition) is 5. The zero-order chi connectivity index (χ0) is 13.1. The molecule has 0 unspecified atom stereocenters. The number of rotatable bonds is 4. The lowest BCUT2D eigenvalue weighted by Gasteiger charge is -2.18. The third-order valence-corrected chi connectivity index (χ3v) is 3.03. The summed E-state index contributed by atoms with van der Waals surface area (Å²) < 4.78 is 6.14. The molecule has 0 aromatic carbocycles. The molecule has 18 heavy (non-hydrogen) atoms. The van der Waals surface area contributed by atoms with Gasteiger partial charge in [-0.25, -0.2) is 4.98 Å². The van der Waals surface area contributed by atoms with Gasteiger partial charge < -0.3 is 15.1 Å². The molecule has 0 aliphatic heterocycles. The highest BCUT2D eigenvalue weighted by Gasteiger charge is 2.11. The second-order valence-electron chi connectivity index (χ2n) is 3.75. The summed E-state index contributed by atoms with van der Waals surface area (Å²) in [5.41, 5.74) is 6.51. The van der Waals surface area contributed by atoms with E-state index < -0.39 is 0 Å². The SMILES string of the molecule is CCN(CC)c1nc(N)cc(-c2ccc(Br)o2)n1. The van der Waals surface area contributed by atoms with E-state index in [1.165, 1.54) is 0 Å². The highest BCUT2D eigenvalue weighted by Crippen LogP contribution is 2.25. The molecular weight excluding hydrogens is 296 g/mol. The monoisotopic (exact) mass is 310 g/mol. The molecule has 0 fully saturated rings. The van der Waals surface area contributed by atoms with Crippen molar-refractivity contribution in [3.05, 3.63) is 22.9 Å². The molecule has 0 atom stereocenters. The van der Waals surface area contributed by atoms with E-state index in [0.717, 1.165) is 13.1 Å². The maximum Gasteiger partial charge on any atom is 0.227 e. The number of hydrogen-bond donors (Lipinski definition) is 1. The third-order valence-electron chi connectivity index (χ3n) is 2.61. The first kappa shape index (κ1) is 12.9. The van der Waals surface area contributed by atoms with Crippen molar-refractivity contribution in [2.75, 3.05) is 23.7 Å². The lowest BCUT2D eigenvalue weighted by Crippen LogP contribution is -2.24. The van der Waals surface area contributed by atoms with Crippen LogP contribution in [0.1, 0.15) is 13.8 Å². The van der Waals surface area contributed by atoms with Crippen molar-refractivity contribution in [3.63, 3.8) is 0 Å². The van der Waals surface area contributed by atoms with Gasteiger partial charge in [0.2, 0.25) is 5.95 Å². The minimum Gasteiger partial charge on any atom is -0.448 e. The predicted molar refractivity (Wildman–Crippen MR) is 75.4 cm³/mol. The van der Waals surface area contributed by atoms with Crippen LogP contribution in [-0.4, -0.2) is 23.1 Å². The predicted octanol–water partition coefficient (Wildman–Crippen LogP) is 2.93. The van der Waals surface area contributed by atoms with Crippen molar-refractivity contribution in [2.24, 2.45) is 0 Å².